The Labute approximate surface area is 243 Å². The third-order valence-corrected chi connectivity index (χ3v) is 8.92. The van der Waals surface area contributed by atoms with E-state index in [4.69, 9.17) is 49.8 Å². The van der Waals surface area contributed by atoms with Gasteiger partial charge in [-0.3, -0.25) is 4.79 Å². The third kappa shape index (κ3) is 8.57. The summed E-state index contributed by atoms with van der Waals surface area (Å²) in [6.07, 6.45) is 6.72. The number of hydrogen-bond donors (Lipinski definition) is 2. The van der Waals surface area contributed by atoms with Gasteiger partial charge in [0.05, 0.1) is 24.7 Å². The van der Waals surface area contributed by atoms with Crippen molar-refractivity contribution in [3.05, 3.63) is 43.6 Å². The van der Waals surface area contributed by atoms with Crippen molar-refractivity contribution in [3.8, 4) is 11.1 Å². The largest absolute Gasteiger partial charge is 0.461 e. The average Bonchev–Trinajstić information content (AvgIpc) is 3.48. The average molecular weight is 605 g/mol. The zero-order valence-electron chi connectivity index (χ0n) is 21.7. The van der Waals surface area contributed by atoms with Crippen molar-refractivity contribution in [2.75, 3.05) is 32.9 Å². The van der Waals surface area contributed by atoms with Crippen molar-refractivity contribution in [2.24, 2.45) is 5.92 Å². The van der Waals surface area contributed by atoms with Gasteiger partial charge in [-0.25, -0.2) is 4.79 Å². The third-order valence-electron chi connectivity index (χ3n) is 6.83. The highest BCUT2D eigenvalue weighted by Crippen LogP contribution is 2.42. The number of nitrogens with zero attached hydrogens (tertiary/aromatic N) is 1. The molecular weight excluding hydrogens is 569 g/mol. The maximum atomic E-state index is 12.9. The van der Waals surface area contributed by atoms with Gasteiger partial charge in [-0.1, -0.05) is 36.5 Å². The Bertz CT molecular complexity index is 1090. The van der Waals surface area contributed by atoms with Crippen LogP contribution in [0.2, 0.25) is 10.0 Å². The van der Waals surface area contributed by atoms with E-state index < -0.39 is 5.97 Å². The highest BCUT2D eigenvalue weighted by atomic mass is 35.5. The van der Waals surface area contributed by atoms with Gasteiger partial charge < -0.3 is 19.8 Å². The second-order valence-electron chi connectivity index (χ2n) is 9.65. The Balaban J connectivity index is 1.77. The summed E-state index contributed by atoms with van der Waals surface area (Å²) in [6, 6.07) is 5.55. The molecule has 1 saturated carbocycles. The minimum atomic E-state index is -0.493. The van der Waals surface area contributed by atoms with E-state index in [-0.39, 0.29) is 50.6 Å². The van der Waals surface area contributed by atoms with Crippen molar-refractivity contribution in [2.45, 2.75) is 63.7 Å². The molecule has 1 heterocycles. The number of aliphatic hydroxyl groups excluding tert-OH is 2. The molecule has 0 radical (unpaired) electrons. The number of benzene rings is 1. The molecule has 2 N–H and O–H groups in total. The molecule has 10 heteroatoms. The van der Waals surface area contributed by atoms with Crippen molar-refractivity contribution in [1.82, 2.24) is 4.90 Å². The predicted molar refractivity (Wildman–Crippen MR) is 155 cm³/mol. The fourth-order valence-corrected chi connectivity index (χ4v) is 7.16. The summed E-state index contributed by atoms with van der Waals surface area (Å²) < 4.78 is 5.42. The minimum absolute atomic E-state index is 0.0245. The fraction of sp³-hybridized carbons (Fsp3) is 0.571. The van der Waals surface area contributed by atoms with Crippen molar-refractivity contribution in [1.29, 1.82) is 0 Å². The number of aryl methyl sites for hydroxylation is 2. The first-order valence-corrected chi connectivity index (χ1v) is 15.2. The first kappa shape index (κ1) is 31.2. The summed E-state index contributed by atoms with van der Waals surface area (Å²) in [5.74, 6) is -0.201. The van der Waals surface area contributed by atoms with Gasteiger partial charge in [0.15, 0.2) is 0 Å². The van der Waals surface area contributed by atoms with Crippen LogP contribution < -0.4 is 0 Å². The molecule has 2 aromatic rings. The van der Waals surface area contributed by atoms with Crippen LogP contribution in [0.1, 0.15) is 65.6 Å². The molecule has 0 spiro atoms. The number of halogens is 3. The molecule has 1 amide bonds. The Kier molecular flexibility index (Phi) is 12.7. The highest BCUT2D eigenvalue weighted by molar-refractivity contribution is 7.14. The van der Waals surface area contributed by atoms with Crippen LogP contribution in [0.4, 0.5) is 0 Å². The number of alkyl halides is 1. The number of rotatable bonds is 14. The van der Waals surface area contributed by atoms with E-state index >= 15 is 0 Å². The Hall–Kier alpha value is -1.35. The van der Waals surface area contributed by atoms with Crippen molar-refractivity contribution in [3.63, 3.8) is 0 Å². The topological polar surface area (TPSA) is 87.1 Å². The van der Waals surface area contributed by atoms with Crippen LogP contribution in [0, 0.1) is 5.92 Å². The summed E-state index contributed by atoms with van der Waals surface area (Å²) in [5, 5.41) is 19.6. The molecule has 6 nitrogen and oxygen atoms in total. The van der Waals surface area contributed by atoms with Crippen LogP contribution in [0.3, 0.4) is 0 Å². The molecular formula is C28H36Cl3NO5S. The van der Waals surface area contributed by atoms with Crippen LogP contribution in [0.15, 0.2) is 18.2 Å². The molecule has 0 aliphatic heterocycles. The van der Waals surface area contributed by atoms with Gasteiger partial charge in [0.1, 0.15) is 11.5 Å². The van der Waals surface area contributed by atoms with Gasteiger partial charge in [-0.15, -0.1) is 22.9 Å². The van der Waals surface area contributed by atoms with Gasteiger partial charge in [0, 0.05) is 33.9 Å². The first-order valence-electron chi connectivity index (χ1n) is 13.2. The number of esters is 1. The van der Waals surface area contributed by atoms with E-state index in [1.807, 2.05) is 12.1 Å². The van der Waals surface area contributed by atoms with E-state index in [0.717, 1.165) is 66.5 Å². The standard InChI is InChI=1S/C28H36Cl3NO5S/c1-2-3-24-22(17-25(38-24)28(36)37-13-8-26(35)32(9-11-33)10-12-34)27-19(15-21(30)16-23(27)31)6-4-18-5-7-20(29)14-18/h15-18,20,33-34H,2-14H2,1H3. The lowest BCUT2D eigenvalue weighted by Gasteiger charge is -2.20. The number of carbonyl (C=O) groups excluding carboxylic acids is 2. The molecule has 0 bridgehead atoms. The minimum Gasteiger partial charge on any atom is -0.461 e. The van der Waals surface area contributed by atoms with Crippen molar-refractivity contribution >= 4 is 58.0 Å². The maximum Gasteiger partial charge on any atom is 0.348 e. The van der Waals surface area contributed by atoms with Gasteiger partial charge >= 0.3 is 5.97 Å². The van der Waals surface area contributed by atoms with Gasteiger partial charge in [-0.2, -0.15) is 0 Å². The van der Waals surface area contributed by atoms with Crippen molar-refractivity contribution < 1.29 is 24.5 Å². The number of aliphatic hydroxyl groups is 2. The molecule has 2 unspecified atom stereocenters. The Morgan fingerprint density at radius 2 is 1.84 bits per heavy atom. The number of amides is 1. The Morgan fingerprint density at radius 1 is 1.11 bits per heavy atom. The summed E-state index contributed by atoms with van der Waals surface area (Å²) in [6.45, 7) is 1.85. The lowest BCUT2D eigenvalue weighted by Crippen LogP contribution is -2.36. The number of ether oxygens (including phenoxy) is 1. The zero-order valence-corrected chi connectivity index (χ0v) is 24.8. The summed E-state index contributed by atoms with van der Waals surface area (Å²) in [5.41, 5.74) is 2.90. The van der Waals surface area contributed by atoms with E-state index in [9.17, 15) is 9.59 Å². The molecule has 2 atom stereocenters. The van der Waals surface area contributed by atoms with Crippen LogP contribution in [0.25, 0.3) is 11.1 Å². The van der Waals surface area contributed by atoms with Gasteiger partial charge in [0.2, 0.25) is 5.91 Å². The summed E-state index contributed by atoms with van der Waals surface area (Å²) >= 11 is 20.9. The molecule has 1 aliphatic carbocycles. The van der Waals surface area contributed by atoms with Crippen LogP contribution in [0.5, 0.6) is 0 Å². The number of thiophene rings is 1. The first-order chi connectivity index (χ1) is 18.3. The normalized spacial score (nSPS) is 17.1. The summed E-state index contributed by atoms with van der Waals surface area (Å²) in [4.78, 5) is 28.1. The van der Waals surface area contributed by atoms with E-state index in [1.165, 1.54) is 16.2 Å². The van der Waals surface area contributed by atoms with Crippen LogP contribution in [-0.4, -0.2) is 65.3 Å². The smallest absolute Gasteiger partial charge is 0.348 e. The fourth-order valence-electron chi connectivity index (χ4n) is 4.98. The Morgan fingerprint density at radius 3 is 2.47 bits per heavy atom. The molecule has 1 aromatic carbocycles. The van der Waals surface area contributed by atoms with E-state index in [0.29, 0.717) is 20.8 Å². The van der Waals surface area contributed by atoms with Gasteiger partial charge in [0.25, 0.3) is 0 Å². The SMILES string of the molecule is CCCc1sc(C(=O)OCCC(=O)N(CCO)CCO)cc1-c1c(Cl)cc(Cl)cc1CCC1CCC(Cl)C1. The molecule has 3 rings (SSSR count). The molecule has 38 heavy (non-hydrogen) atoms. The van der Waals surface area contributed by atoms with Crippen LogP contribution in [-0.2, 0) is 22.4 Å². The predicted octanol–water partition coefficient (Wildman–Crippen LogP) is 6.37. The molecule has 1 fully saturated rings. The highest BCUT2D eigenvalue weighted by Gasteiger charge is 2.25. The quantitative estimate of drug-likeness (QED) is 0.193. The summed E-state index contributed by atoms with van der Waals surface area (Å²) in [7, 11) is 0. The van der Waals surface area contributed by atoms with E-state index in [2.05, 4.69) is 6.92 Å². The molecule has 210 valence electrons. The lowest BCUT2D eigenvalue weighted by molar-refractivity contribution is -0.132. The maximum absolute atomic E-state index is 12.9. The van der Waals surface area contributed by atoms with Gasteiger partial charge in [-0.05, 0) is 73.8 Å². The number of carbonyl (C=O) groups is 2. The lowest BCUT2D eigenvalue weighted by atomic mass is 9.92. The monoisotopic (exact) mass is 603 g/mol. The van der Waals surface area contributed by atoms with E-state index in [1.54, 1.807) is 6.07 Å². The second-order valence-corrected chi connectivity index (χ2v) is 12.2. The number of hydrogen-bond acceptors (Lipinski definition) is 6. The second kappa shape index (κ2) is 15.4. The zero-order chi connectivity index (χ0) is 27.7. The molecule has 1 aliphatic rings. The molecule has 0 saturated heterocycles. The van der Waals surface area contributed by atoms with Crippen LogP contribution >= 0.6 is 46.1 Å². The molecule has 1 aromatic heterocycles.